The number of fused-ring (bicyclic) bond motifs is 1. The Kier molecular flexibility index (Phi) is 4.99. The largest absolute Gasteiger partial charge is 0.315 e. The smallest absolute Gasteiger partial charge is 0.248 e. The van der Waals surface area contributed by atoms with E-state index >= 15 is 0 Å². The van der Waals surface area contributed by atoms with Crippen molar-refractivity contribution in [2.75, 3.05) is 16.4 Å². The Morgan fingerprint density at radius 1 is 1.32 bits per heavy atom. The predicted molar refractivity (Wildman–Crippen MR) is 104 cm³/mol. The van der Waals surface area contributed by atoms with E-state index in [-0.39, 0.29) is 34.6 Å². The molecule has 5 nitrogen and oxygen atoms in total. The second kappa shape index (κ2) is 6.76. The Hall–Kier alpha value is -1.34. The van der Waals surface area contributed by atoms with Crippen molar-refractivity contribution in [1.82, 2.24) is 0 Å². The number of hydrogen-bond acceptors (Lipinski definition) is 4. The molecule has 2 saturated heterocycles. The molecule has 1 amide bonds. The lowest BCUT2D eigenvalue weighted by atomic mass is 10.1. The summed E-state index contributed by atoms with van der Waals surface area (Å²) in [5.74, 6) is 0.379. The number of anilines is 1. The zero-order valence-electron chi connectivity index (χ0n) is 15.0. The predicted octanol–water partition coefficient (Wildman–Crippen LogP) is 2.95. The summed E-state index contributed by atoms with van der Waals surface area (Å²) in [6.45, 7) is 8.04. The highest BCUT2D eigenvalue weighted by Gasteiger charge is 2.49. The summed E-state index contributed by atoms with van der Waals surface area (Å²) in [6.07, 6.45) is 0.401. The van der Waals surface area contributed by atoms with Gasteiger partial charge in [-0.05, 0) is 37.0 Å². The maximum atomic E-state index is 12.2. The summed E-state index contributed by atoms with van der Waals surface area (Å²) in [7, 11) is -3.04. The molecule has 0 N–H and O–H groups in total. The first kappa shape index (κ1) is 18.5. The Labute approximate surface area is 153 Å². The lowest BCUT2D eigenvalue weighted by Crippen LogP contribution is -2.38. The molecule has 2 heterocycles. The summed E-state index contributed by atoms with van der Waals surface area (Å²) >= 11 is 1.43. The quantitative estimate of drug-likeness (QED) is 0.806. The number of rotatable bonds is 3. The van der Waals surface area contributed by atoms with Gasteiger partial charge in [0.2, 0.25) is 5.91 Å². The van der Waals surface area contributed by atoms with Crippen LogP contribution in [0.5, 0.6) is 0 Å². The monoisotopic (exact) mass is 380 g/mol. The lowest BCUT2D eigenvalue weighted by molar-refractivity contribution is -0.118. The van der Waals surface area contributed by atoms with Gasteiger partial charge in [-0.2, -0.15) is 4.99 Å². The van der Waals surface area contributed by atoms with Crippen molar-refractivity contribution < 1.29 is 13.2 Å². The molecule has 2 fully saturated rings. The summed E-state index contributed by atoms with van der Waals surface area (Å²) in [6, 6.07) is 5.83. The van der Waals surface area contributed by atoms with E-state index in [0.29, 0.717) is 11.6 Å². The van der Waals surface area contributed by atoms with E-state index in [1.54, 1.807) is 0 Å². The van der Waals surface area contributed by atoms with E-state index in [0.717, 1.165) is 16.8 Å². The van der Waals surface area contributed by atoms with Gasteiger partial charge in [-0.25, -0.2) is 8.42 Å². The standard InChI is InChI=1S/C18H24N2O3S2/c1-11(2)8-17(21)19-18-20(14-7-5-6-12(3)13(14)4)15-9-25(22,23)10-16(15)24-18/h5-7,11,15-16H,8-10H2,1-4H3/t15-,16+/m1/s1. The molecule has 1 aromatic carbocycles. The molecule has 136 valence electrons. The molecular formula is C18H24N2O3S2. The van der Waals surface area contributed by atoms with E-state index in [1.165, 1.54) is 11.8 Å². The van der Waals surface area contributed by atoms with Crippen LogP contribution >= 0.6 is 11.8 Å². The van der Waals surface area contributed by atoms with Crippen LogP contribution in [0.1, 0.15) is 31.4 Å². The van der Waals surface area contributed by atoms with E-state index in [9.17, 15) is 13.2 Å². The third kappa shape index (κ3) is 3.77. The number of carbonyl (C=O) groups is 1. The molecule has 2 aliphatic heterocycles. The Balaban J connectivity index is 2.02. The van der Waals surface area contributed by atoms with Gasteiger partial charge in [0, 0.05) is 17.4 Å². The van der Waals surface area contributed by atoms with E-state index in [2.05, 4.69) is 4.99 Å². The number of amidine groups is 1. The van der Waals surface area contributed by atoms with Crippen molar-refractivity contribution in [2.45, 2.75) is 45.4 Å². The molecule has 0 radical (unpaired) electrons. The molecule has 0 aliphatic carbocycles. The maximum absolute atomic E-state index is 12.2. The molecule has 0 bridgehead atoms. The molecule has 25 heavy (non-hydrogen) atoms. The zero-order valence-corrected chi connectivity index (χ0v) is 16.7. The van der Waals surface area contributed by atoms with Crippen LogP contribution in [0.3, 0.4) is 0 Å². The van der Waals surface area contributed by atoms with Gasteiger partial charge in [0.15, 0.2) is 15.0 Å². The topological polar surface area (TPSA) is 66.8 Å². The summed E-state index contributed by atoms with van der Waals surface area (Å²) in [4.78, 5) is 18.6. The second-order valence-corrected chi connectivity index (χ2v) is 10.6. The molecule has 2 aliphatic rings. The number of aliphatic imine (C=N–C) groups is 1. The van der Waals surface area contributed by atoms with Crippen LogP contribution in [-0.2, 0) is 14.6 Å². The van der Waals surface area contributed by atoms with Crippen LogP contribution < -0.4 is 4.90 Å². The van der Waals surface area contributed by atoms with Gasteiger partial charge in [0.25, 0.3) is 0 Å². The van der Waals surface area contributed by atoms with Crippen molar-refractivity contribution >= 4 is 38.4 Å². The molecule has 0 saturated carbocycles. The van der Waals surface area contributed by atoms with Crippen molar-refractivity contribution in [2.24, 2.45) is 10.9 Å². The molecule has 0 aromatic heterocycles. The second-order valence-electron chi connectivity index (χ2n) is 7.28. The van der Waals surface area contributed by atoms with Gasteiger partial charge in [0.05, 0.1) is 17.5 Å². The number of hydrogen-bond donors (Lipinski definition) is 0. The van der Waals surface area contributed by atoms with Gasteiger partial charge in [-0.3, -0.25) is 4.79 Å². The molecule has 0 unspecified atom stereocenters. The lowest BCUT2D eigenvalue weighted by Gasteiger charge is -2.27. The number of sulfone groups is 1. The SMILES string of the molecule is Cc1cccc(N2C(=NC(=O)CC(C)C)S[C@H]3CS(=O)(=O)C[C@H]32)c1C. The molecule has 1 aromatic rings. The fourth-order valence-electron chi connectivity index (χ4n) is 3.34. The number of benzene rings is 1. The summed E-state index contributed by atoms with van der Waals surface area (Å²) < 4.78 is 24.2. The fourth-order valence-corrected chi connectivity index (χ4v) is 7.27. The van der Waals surface area contributed by atoms with Crippen molar-refractivity contribution in [3.8, 4) is 0 Å². The Morgan fingerprint density at radius 3 is 2.72 bits per heavy atom. The van der Waals surface area contributed by atoms with Crippen LogP contribution in [0, 0.1) is 19.8 Å². The van der Waals surface area contributed by atoms with Gasteiger partial charge in [-0.1, -0.05) is 37.7 Å². The van der Waals surface area contributed by atoms with Crippen LogP contribution in [-0.4, -0.2) is 42.3 Å². The van der Waals surface area contributed by atoms with Crippen molar-refractivity contribution in [1.29, 1.82) is 0 Å². The molecule has 3 rings (SSSR count). The summed E-state index contributed by atoms with van der Waals surface area (Å²) in [5, 5.41) is 0.583. The van der Waals surface area contributed by atoms with Gasteiger partial charge in [0.1, 0.15) is 0 Å². The van der Waals surface area contributed by atoms with Gasteiger partial charge < -0.3 is 4.90 Å². The van der Waals surface area contributed by atoms with E-state index in [4.69, 9.17) is 0 Å². The maximum Gasteiger partial charge on any atom is 0.248 e. The fraction of sp³-hybridized carbons (Fsp3) is 0.556. The van der Waals surface area contributed by atoms with Crippen molar-refractivity contribution in [3.63, 3.8) is 0 Å². The number of nitrogens with zero attached hydrogens (tertiary/aromatic N) is 2. The first-order valence-corrected chi connectivity index (χ1v) is 11.2. The minimum absolute atomic E-state index is 0.0597. The van der Waals surface area contributed by atoms with Crippen LogP contribution in [0.25, 0.3) is 0 Å². The zero-order chi connectivity index (χ0) is 18.4. The minimum atomic E-state index is -3.04. The highest BCUT2D eigenvalue weighted by atomic mass is 32.2. The van der Waals surface area contributed by atoms with Crippen molar-refractivity contribution in [3.05, 3.63) is 29.3 Å². The average Bonchev–Trinajstić information content (AvgIpc) is 2.92. The van der Waals surface area contributed by atoms with Crippen LogP contribution in [0.4, 0.5) is 5.69 Å². The first-order valence-electron chi connectivity index (χ1n) is 8.52. The Morgan fingerprint density at radius 2 is 2.04 bits per heavy atom. The highest BCUT2D eigenvalue weighted by Crippen LogP contribution is 2.42. The third-order valence-electron chi connectivity index (χ3n) is 4.71. The average molecular weight is 381 g/mol. The van der Waals surface area contributed by atoms with Crippen LogP contribution in [0.15, 0.2) is 23.2 Å². The number of thioether (sulfide) groups is 1. The summed E-state index contributed by atoms with van der Waals surface area (Å²) in [5.41, 5.74) is 3.19. The third-order valence-corrected chi connectivity index (χ3v) is 7.92. The highest BCUT2D eigenvalue weighted by molar-refractivity contribution is 8.16. The molecular weight excluding hydrogens is 356 g/mol. The molecule has 0 spiro atoms. The van der Waals surface area contributed by atoms with Gasteiger partial charge in [-0.15, -0.1) is 0 Å². The number of carbonyl (C=O) groups excluding carboxylic acids is 1. The van der Waals surface area contributed by atoms with E-state index in [1.807, 2.05) is 50.8 Å². The van der Waals surface area contributed by atoms with Crippen LogP contribution in [0.2, 0.25) is 0 Å². The number of aryl methyl sites for hydroxylation is 1. The normalized spacial score (nSPS) is 26.4. The minimum Gasteiger partial charge on any atom is -0.315 e. The van der Waals surface area contributed by atoms with E-state index < -0.39 is 9.84 Å². The first-order chi connectivity index (χ1) is 11.7. The number of amides is 1. The molecule has 2 atom stereocenters. The Bertz CT molecular complexity index is 831. The molecule has 7 heteroatoms. The van der Waals surface area contributed by atoms with Gasteiger partial charge >= 0.3 is 0 Å².